The van der Waals surface area contributed by atoms with Crippen LogP contribution < -0.4 is 14.2 Å². The largest absolute Gasteiger partial charge is 0.497 e. The van der Waals surface area contributed by atoms with Crippen molar-refractivity contribution in [3.05, 3.63) is 59.1 Å². The molecule has 0 unspecified atom stereocenters. The van der Waals surface area contributed by atoms with Crippen molar-refractivity contribution in [1.82, 2.24) is 4.98 Å². The summed E-state index contributed by atoms with van der Waals surface area (Å²) in [6.07, 6.45) is 0. The minimum absolute atomic E-state index is 0.253. The van der Waals surface area contributed by atoms with E-state index in [1.807, 2.05) is 48.5 Å². The maximum Gasteiger partial charge on any atom is 0.347 e. The molecule has 0 amide bonds. The smallest absolute Gasteiger partial charge is 0.347 e. The predicted octanol–water partition coefficient (Wildman–Crippen LogP) is 4.28. The highest BCUT2D eigenvalue weighted by atomic mass is 32.1. The molecule has 0 aliphatic heterocycles. The molecule has 0 fully saturated rings. The number of methoxy groups -OCH3 is 1. The Bertz CT molecular complexity index is 938. The van der Waals surface area contributed by atoms with Gasteiger partial charge in [0.05, 0.1) is 12.8 Å². The molecule has 3 aromatic rings. The summed E-state index contributed by atoms with van der Waals surface area (Å²) in [6, 6.07) is 14.8. The van der Waals surface area contributed by atoms with Crippen LogP contribution in [0.25, 0.3) is 10.6 Å². The van der Waals surface area contributed by atoms with E-state index in [2.05, 4.69) is 4.98 Å². The first kappa shape index (κ1) is 18.7. The maximum atomic E-state index is 11.2. The number of hydrogen-bond donors (Lipinski definition) is 1. The number of aromatic nitrogens is 1. The van der Waals surface area contributed by atoms with Gasteiger partial charge < -0.3 is 19.3 Å². The molecule has 1 heterocycles. The fourth-order valence-electron chi connectivity index (χ4n) is 2.45. The van der Waals surface area contributed by atoms with Gasteiger partial charge in [0.25, 0.3) is 0 Å². The number of aryl methyl sites for hydroxylation is 1. The van der Waals surface area contributed by atoms with Crippen LogP contribution in [0.15, 0.2) is 48.5 Å². The first-order valence-corrected chi connectivity index (χ1v) is 9.09. The van der Waals surface area contributed by atoms with E-state index < -0.39 is 5.97 Å². The molecule has 0 aliphatic rings. The van der Waals surface area contributed by atoms with E-state index >= 15 is 0 Å². The number of aromatic carboxylic acids is 1. The van der Waals surface area contributed by atoms with Crippen molar-refractivity contribution in [2.45, 2.75) is 6.92 Å². The van der Waals surface area contributed by atoms with Crippen LogP contribution in [-0.4, -0.2) is 36.4 Å². The second-order valence-electron chi connectivity index (χ2n) is 5.64. The SMILES string of the molecule is COc1cccc(OCCOc2cccc(-c3nc(C)c(C(=O)O)s3)c2)c1. The van der Waals surface area contributed by atoms with Crippen LogP contribution in [0.5, 0.6) is 17.2 Å². The summed E-state index contributed by atoms with van der Waals surface area (Å²) in [6.45, 7) is 2.45. The van der Waals surface area contributed by atoms with Crippen LogP contribution in [0.4, 0.5) is 0 Å². The Morgan fingerprint density at radius 2 is 1.67 bits per heavy atom. The van der Waals surface area contributed by atoms with Gasteiger partial charge in [0.15, 0.2) is 0 Å². The van der Waals surface area contributed by atoms with Crippen LogP contribution >= 0.6 is 11.3 Å². The molecule has 3 rings (SSSR count). The van der Waals surface area contributed by atoms with Gasteiger partial charge in [-0.25, -0.2) is 9.78 Å². The average Bonchev–Trinajstić information content (AvgIpc) is 3.08. The van der Waals surface area contributed by atoms with E-state index in [1.165, 1.54) is 0 Å². The molecule has 0 atom stereocenters. The molecule has 7 heteroatoms. The molecule has 0 spiro atoms. The molecule has 27 heavy (non-hydrogen) atoms. The number of carboxylic acid groups (broad SMARTS) is 1. The number of benzene rings is 2. The summed E-state index contributed by atoms with van der Waals surface area (Å²) in [7, 11) is 1.61. The van der Waals surface area contributed by atoms with E-state index in [1.54, 1.807) is 14.0 Å². The quantitative estimate of drug-likeness (QED) is 0.583. The van der Waals surface area contributed by atoms with Gasteiger partial charge in [0.2, 0.25) is 0 Å². The van der Waals surface area contributed by atoms with Crippen molar-refractivity contribution in [3.63, 3.8) is 0 Å². The van der Waals surface area contributed by atoms with Crippen molar-refractivity contribution >= 4 is 17.3 Å². The Morgan fingerprint density at radius 3 is 2.30 bits per heavy atom. The van der Waals surface area contributed by atoms with Gasteiger partial charge in [0, 0.05) is 11.6 Å². The molecule has 0 aliphatic carbocycles. The Hall–Kier alpha value is -3.06. The highest BCUT2D eigenvalue weighted by Crippen LogP contribution is 2.30. The summed E-state index contributed by atoms with van der Waals surface area (Å²) in [5.74, 6) is 1.16. The summed E-state index contributed by atoms with van der Waals surface area (Å²) >= 11 is 1.16. The third-order valence-corrected chi connectivity index (χ3v) is 4.93. The van der Waals surface area contributed by atoms with Gasteiger partial charge in [-0.15, -0.1) is 11.3 Å². The maximum absolute atomic E-state index is 11.2. The highest BCUT2D eigenvalue weighted by molar-refractivity contribution is 7.17. The number of nitrogens with zero attached hydrogens (tertiary/aromatic N) is 1. The summed E-state index contributed by atoms with van der Waals surface area (Å²) < 4.78 is 16.5. The van der Waals surface area contributed by atoms with E-state index in [0.717, 1.165) is 22.6 Å². The Labute approximate surface area is 161 Å². The minimum Gasteiger partial charge on any atom is -0.497 e. The first-order valence-electron chi connectivity index (χ1n) is 8.27. The van der Waals surface area contributed by atoms with Crippen LogP contribution in [0.2, 0.25) is 0 Å². The normalized spacial score (nSPS) is 10.4. The van der Waals surface area contributed by atoms with Crippen molar-refractivity contribution in [2.75, 3.05) is 20.3 Å². The topological polar surface area (TPSA) is 77.9 Å². The number of carboxylic acids is 1. The van der Waals surface area contributed by atoms with Crippen molar-refractivity contribution < 1.29 is 24.1 Å². The van der Waals surface area contributed by atoms with E-state index in [-0.39, 0.29) is 4.88 Å². The number of ether oxygens (including phenoxy) is 3. The molecule has 2 aromatic carbocycles. The molecule has 0 radical (unpaired) electrons. The number of thiazole rings is 1. The Morgan fingerprint density at radius 1 is 1.04 bits per heavy atom. The van der Waals surface area contributed by atoms with Gasteiger partial charge in [-0.1, -0.05) is 18.2 Å². The summed E-state index contributed by atoms with van der Waals surface area (Å²) in [5.41, 5.74) is 1.34. The third-order valence-electron chi connectivity index (χ3n) is 3.73. The number of hydrogen-bond acceptors (Lipinski definition) is 6. The van der Waals surface area contributed by atoms with Gasteiger partial charge in [-0.2, -0.15) is 0 Å². The molecule has 6 nitrogen and oxygen atoms in total. The predicted molar refractivity (Wildman–Crippen MR) is 103 cm³/mol. The van der Waals surface area contributed by atoms with Crippen LogP contribution in [0.3, 0.4) is 0 Å². The van der Waals surface area contributed by atoms with E-state index in [4.69, 9.17) is 14.2 Å². The molecule has 140 valence electrons. The Kier molecular flexibility index (Phi) is 5.93. The average molecular weight is 385 g/mol. The lowest BCUT2D eigenvalue weighted by Gasteiger charge is -2.10. The van der Waals surface area contributed by atoms with Crippen LogP contribution in [-0.2, 0) is 0 Å². The lowest BCUT2D eigenvalue weighted by molar-refractivity contribution is 0.0701. The molecular weight excluding hydrogens is 366 g/mol. The Balaban J connectivity index is 1.59. The monoisotopic (exact) mass is 385 g/mol. The van der Waals surface area contributed by atoms with Gasteiger partial charge in [0.1, 0.15) is 40.3 Å². The van der Waals surface area contributed by atoms with E-state index in [9.17, 15) is 9.90 Å². The molecule has 0 saturated heterocycles. The van der Waals surface area contributed by atoms with Gasteiger partial charge in [-0.05, 0) is 31.2 Å². The van der Waals surface area contributed by atoms with Crippen molar-refractivity contribution in [3.8, 4) is 27.8 Å². The molecular formula is C20H19NO5S. The lowest BCUT2D eigenvalue weighted by atomic mass is 10.2. The number of carbonyl (C=O) groups is 1. The second-order valence-corrected chi connectivity index (χ2v) is 6.64. The van der Waals surface area contributed by atoms with Crippen molar-refractivity contribution in [2.24, 2.45) is 0 Å². The van der Waals surface area contributed by atoms with E-state index in [0.29, 0.717) is 35.4 Å². The fraction of sp³-hybridized carbons (Fsp3) is 0.200. The lowest BCUT2D eigenvalue weighted by Crippen LogP contribution is -2.09. The fourth-order valence-corrected chi connectivity index (χ4v) is 3.35. The summed E-state index contributed by atoms with van der Waals surface area (Å²) in [4.78, 5) is 15.8. The van der Waals surface area contributed by atoms with Crippen molar-refractivity contribution in [1.29, 1.82) is 0 Å². The molecule has 1 N–H and O–H groups in total. The van der Waals surface area contributed by atoms with Gasteiger partial charge >= 0.3 is 5.97 Å². The molecule has 0 saturated carbocycles. The standard InChI is InChI=1S/C20H19NO5S/c1-13-18(20(22)23)27-19(21-13)14-5-3-7-16(11-14)25-9-10-26-17-8-4-6-15(12-17)24-2/h3-8,11-12H,9-10H2,1-2H3,(H,22,23). The summed E-state index contributed by atoms with van der Waals surface area (Å²) in [5, 5.41) is 9.83. The van der Waals surface area contributed by atoms with Gasteiger partial charge in [-0.3, -0.25) is 0 Å². The molecule has 0 bridgehead atoms. The van der Waals surface area contributed by atoms with Crippen LogP contribution in [0.1, 0.15) is 15.4 Å². The minimum atomic E-state index is -0.960. The number of rotatable bonds is 8. The third kappa shape index (κ3) is 4.77. The zero-order valence-corrected chi connectivity index (χ0v) is 15.8. The molecule has 1 aromatic heterocycles. The second kappa shape index (κ2) is 8.55. The zero-order valence-electron chi connectivity index (χ0n) is 15.0. The first-order chi connectivity index (χ1) is 13.1. The van der Waals surface area contributed by atoms with Crippen LogP contribution in [0, 0.1) is 6.92 Å². The zero-order chi connectivity index (χ0) is 19.2. The highest BCUT2D eigenvalue weighted by Gasteiger charge is 2.15.